The number of rotatable bonds is 5. The quantitative estimate of drug-likeness (QED) is 0.524. The zero-order valence-corrected chi connectivity index (χ0v) is 7.29. The Morgan fingerprint density at radius 1 is 1.58 bits per heavy atom. The van der Waals surface area contributed by atoms with Gasteiger partial charge in [0, 0.05) is 12.5 Å². The molecule has 0 aromatic heterocycles. The summed E-state index contributed by atoms with van der Waals surface area (Å²) in [7, 11) is 1.31. The van der Waals surface area contributed by atoms with Gasteiger partial charge in [0.25, 0.3) is 0 Å². The average Bonchev–Trinajstić information content (AvgIpc) is 1.99. The molecule has 0 spiro atoms. The van der Waals surface area contributed by atoms with Crippen molar-refractivity contribution in [2.75, 3.05) is 13.7 Å². The molecule has 5 nitrogen and oxygen atoms in total. The number of ether oxygens (including phenoxy) is 1. The Bertz CT molecular complexity index is 170. The lowest BCUT2D eigenvalue weighted by molar-refractivity contribution is -0.139. The number of amides is 1. The number of carbonyl (C=O) groups excluding carboxylic acids is 2. The Balaban J connectivity index is 3.50. The zero-order valence-electron chi connectivity index (χ0n) is 7.29. The van der Waals surface area contributed by atoms with E-state index in [1.807, 2.05) is 0 Å². The Hall–Kier alpha value is -1.10. The molecule has 12 heavy (non-hydrogen) atoms. The van der Waals surface area contributed by atoms with E-state index in [-0.39, 0.29) is 30.9 Å². The van der Waals surface area contributed by atoms with Gasteiger partial charge in [-0.3, -0.25) is 9.59 Å². The van der Waals surface area contributed by atoms with E-state index < -0.39 is 0 Å². The summed E-state index contributed by atoms with van der Waals surface area (Å²) < 4.78 is 4.39. The molecule has 0 heterocycles. The third-order valence-corrected chi connectivity index (χ3v) is 1.33. The molecule has 3 N–H and O–H groups in total. The summed E-state index contributed by atoms with van der Waals surface area (Å²) in [4.78, 5) is 21.0. The van der Waals surface area contributed by atoms with Crippen LogP contribution in [0.4, 0.5) is 0 Å². The molecular formula is C7H14N2O3. The minimum Gasteiger partial charge on any atom is -0.468 e. The van der Waals surface area contributed by atoms with Crippen LogP contribution < -0.4 is 11.1 Å². The second-order valence-electron chi connectivity index (χ2n) is 2.53. The van der Waals surface area contributed by atoms with Crippen molar-refractivity contribution >= 4 is 11.9 Å². The molecule has 0 rings (SSSR count). The Morgan fingerprint density at radius 2 is 2.17 bits per heavy atom. The molecule has 0 radical (unpaired) electrons. The van der Waals surface area contributed by atoms with Crippen LogP contribution in [0.15, 0.2) is 0 Å². The van der Waals surface area contributed by atoms with Crippen LogP contribution in [0.2, 0.25) is 0 Å². The van der Waals surface area contributed by atoms with Crippen molar-refractivity contribution in [3.63, 3.8) is 0 Å². The van der Waals surface area contributed by atoms with Gasteiger partial charge in [-0.2, -0.15) is 0 Å². The van der Waals surface area contributed by atoms with Gasteiger partial charge < -0.3 is 15.8 Å². The first-order valence-electron chi connectivity index (χ1n) is 3.64. The van der Waals surface area contributed by atoms with Crippen molar-refractivity contribution in [3.8, 4) is 0 Å². The summed E-state index contributed by atoms with van der Waals surface area (Å²) in [5.74, 6) is -0.744. The number of methoxy groups -OCH3 is 1. The van der Waals surface area contributed by atoms with Gasteiger partial charge in [0.05, 0.1) is 13.7 Å². The van der Waals surface area contributed by atoms with Crippen LogP contribution in [-0.4, -0.2) is 31.6 Å². The molecule has 0 aromatic carbocycles. The number of esters is 1. The first-order chi connectivity index (χ1) is 5.56. The van der Waals surface area contributed by atoms with E-state index in [4.69, 9.17) is 5.73 Å². The second-order valence-corrected chi connectivity index (χ2v) is 2.53. The molecule has 0 fully saturated rings. The van der Waals surface area contributed by atoms with Crippen molar-refractivity contribution in [2.24, 2.45) is 5.73 Å². The third-order valence-electron chi connectivity index (χ3n) is 1.33. The lowest BCUT2D eigenvalue weighted by Crippen LogP contribution is -2.35. The van der Waals surface area contributed by atoms with E-state index >= 15 is 0 Å². The third kappa shape index (κ3) is 5.67. The van der Waals surface area contributed by atoms with E-state index in [2.05, 4.69) is 10.1 Å². The maximum Gasteiger partial charge on any atom is 0.319 e. The van der Waals surface area contributed by atoms with E-state index in [0.717, 1.165) is 0 Å². The van der Waals surface area contributed by atoms with Crippen LogP contribution >= 0.6 is 0 Å². The van der Waals surface area contributed by atoms with Crippen molar-refractivity contribution in [1.82, 2.24) is 5.32 Å². The monoisotopic (exact) mass is 174 g/mol. The number of nitrogens with one attached hydrogen (secondary N) is 1. The number of hydrogen-bond donors (Lipinski definition) is 2. The van der Waals surface area contributed by atoms with Gasteiger partial charge in [0.15, 0.2) is 0 Å². The number of nitrogens with two attached hydrogens (primary N) is 1. The van der Waals surface area contributed by atoms with Gasteiger partial charge in [0.2, 0.25) is 5.91 Å². The Labute approximate surface area is 71.3 Å². The molecule has 0 aliphatic carbocycles. The molecular weight excluding hydrogens is 160 g/mol. The normalized spacial score (nSPS) is 12.2. The highest BCUT2D eigenvalue weighted by atomic mass is 16.5. The molecule has 0 bridgehead atoms. The van der Waals surface area contributed by atoms with Crippen LogP contribution in [0.1, 0.15) is 13.3 Å². The molecule has 0 aliphatic rings. The highest BCUT2D eigenvalue weighted by Gasteiger charge is 2.07. The molecule has 0 saturated heterocycles. The van der Waals surface area contributed by atoms with Crippen LogP contribution in [0.5, 0.6) is 0 Å². The van der Waals surface area contributed by atoms with E-state index in [1.165, 1.54) is 7.11 Å². The van der Waals surface area contributed by atoms with Gasteiger partial charge >= 0.3 is 5.97 Å². The second kappa shape index (κ2) is 5.54. The zero-order chi connectivity index (χ0) is 9.56. The summed E-state index contributed by atoms with van der Waals surface area (Å²) in [6, 6.07) is -0.0957. The minimum absolute atomic E-state index is 0.0957. The molecule has 0 aromatic rings. The summed E-state index contributed by atoms with van der Waals surface area (Å²) in [6.45, 7) is 1.87. The lowest BCUT2D eigenvalue weighted by atomic mass is 10.2. The molecule has 0 aliphatic heterocycles. The lowest BCUT2D eigenvalue weighted by Gasteiger charge is -2.09. The Morgan fingerprint density at radius 3 is 2.58 bits per heavy atom. The highest BCUT2D eigenvalue weighted by Crippen LogP contribution is 1.87. The van der Waals surface area contributed by atoms with Crippen molar-refractivity contribution in [3.05, 3.63) is 0 Å². The van der Waals surface area contributed by atoms with Crippen LogP contribution in [0.25, 0.3) is 0 Å². The van der Waals surface area contributed by atoms with Crippen molar-refractivity contribution < 1.29 is 14.3 Å². The largest absolute Gasteiger partial charge is 0.468 e. The minimum atomic E-state index is -0.389. The first kappa shape index (κ1) is 10.9. The highest BCUT2D eigenvalue weighted by molar-refractivity contribution is 5.74. The fraction of sp³-hybridized carbons (Fsp3) is 0.714. The van der Waals surface area contributed by atoms with Gasteiger partial charge in [-0.25, -0.2) is 0 Å². The standard InChI is InChI=1S/C7H14N2O3/c1-5(3-6(8)10)9-4-7(11)12-2/h5,9H,3-4H2,1-2H3,(H2,8,10)/t5-/m1/s1. The summed E-state index contributed by atoms with van der Waals surface area (Å²) in [6.07, 6.45) is 0.219. The number of primary amides is 1. The maximum absolute atomic E-state index is 10.6. The molecule has 0 saturated carbocycles. The van der Waals surface area contributed by atoms with E-state index in [0.29, 0.717) is 0 Å². The van der Waals surface area contributed by atoms with Gasteiger partial charge in [0.1, 0.15) is 0 Å². The topological polar surface area (TPSA) is 81.4 Å². The fourth-order valence-corrected chi connectivity index (χ4v) is 0.704. The van der Waals surface area contributed by atoms with E-state index in [9.17, 15) is 9.59 Å². The van der Waals surface area contributed by atoms with Crippen LogP contribution in [0.3, 0.4) is 0 Å². The number of hydrogen-bond acceptors (Lipinski definition) is 4. The molecule has 0 unspecified atom stereocenters. The van der Waals surface area contributed by atoms with Crippen molar-refractivity contribution in [1.29, 1.82) is 0 Å². The summed E-state index contributed by atoms with van der Waals surface area (Å²) >= 11 is 0. The average molecular weight is 174 g/mol. The summed E-state index contributed by atoms with van der Waals surface area (Å²) in [5.41, 5.74) is 4.94. The molecule has 70 valence electrons. The number of carbonyl (C=O) groups is 2. The van der Waals surface area contributed by atoms with Gasteiger partial charge in [-0.1, -0.05) is 0 Å². The SMILES string of the molecule is COC(=O)CN[C@H](C)CC(N)=O. The molecule has 1 amide bonds. The van der Waals surface area contributed by atoms with Crippen molar-refractivity contribution in [2.45, 2.75) is 19.4 Å². The molecule has 1 atom stereocenters. The Kier molecular flexibility index (Phi) is 5.03. The fourth-order valence-electron chi connectivity index (χ4n) is 0.704. The van der Waals surface area contributed by atoms with Crippen LogP contribution in [-0.2, 0) is 14.3 Å². The molecule has 5 heteroatoms. The van der Waals surface area contributed by atoms with Gasteiger partial charge in [-0.15, -0.1) is 0 Å². The summed E-state index contributed by atoms with van der Waals surface area (Å²) in [5, 5.41) is 2.79. The first-order valence-corrected chi connectivity index (χ1v) is 3.64. The maximum atomic E-state index is 10.6. The predicted molar refractivity (Wildman–Crippen MR) is 43.3 cm³/mol. The van der Waals surface area contributed by atoms with Gasteiger partial charge in [-0.05, 0) is 6.92 Å². The van der Waals surface area contributed by atoms with Crippen LogP contribution in [0, 0.1) is 0 Å². The predicted octanol–water partition coefficient (Wildman–Crippen LogP) is -0.987. The van der Waals surface area contributed by atoms with E-state index in [1.54, 1.807) is 6.92 Å². The smallest absolute Gasteiger partial charge is 0.319 e.